The maximum absolute atomic E-state index is 6.21. The van der Waals surface area contributed by atoms with Crippen LogP contribution in [-0.4, -0.2) is 12.2 Å². The first-order valence-electron chi connectivity index (χ1n) is 6.95. The molecule has 0 bridgehead atoms. The van der Waals surface area contributed by atoms with Crippen LogP contribution in [0, 0.1) is 0 Å². The molecule has 18 heavy (non-hydrogen) atoms. The van der Waals surface area contributed by atoms with Crippen LogP contribution in [0.3, 0.4) is 0 Å². The summed E-state index contributed by atoms with van der Waals surface area (Å²) in [6.45, 7) is 6.76. The van der Waals surface area contributed by atoms with Gasteiger partial charge in [0.2, 0.25) is 0 Å². The Morgan fingerprint density at radius 1 is 1.33 bits per heavy atom. The summed E-state index contributed by atoms with van der Waals surface area (Å²) in [5.74, 6) is 0.765. The van der Waals surface area contributed by atoms with Crippen LogP contribution in [0.5, 0.6) is 0 Å². The molecule has 0 aromatic heterocycles. The third-order valence-electron chi connectivity index (χ3n) is 3.61. The van der Waals surface area contributed by atoms with Gasteiger partial charge in [-0.2, -0.15) is 0 Å². The van der Waals surface area contributed by atoms with Gasteiger partial charge in [0.15, 0.2) is 0 Å². The van der Waals surface area contributed by atoms with Crippen LogP contribution in [0.15, 0.2) is 24.3 Å². The molecule has 2 rings (SSSR count). The quantitative estimate of drug-likeness (QED) is 0.879. The number of nitrogens with two attached hydrogens (primary N) is 1. The molecule has 1 saturated carbocycles. The Balaban J connectivity index is 1.98. The molecule has 2 heteroatoms. The second-order valence-corrected chi connectivity index (χ2v) is 6.33. The Morgan fingerprint density at radius 3 is 2.61 bits per heavy atom. The molecule has 1 aliphatic rings. The fourth-order valence-electron chi connectivity index (χ4n) is 2.22. The molecule has 1 unspecified atom stereocenters. The molecule has 0 amide bonds. The van der Waals surface area contributed by atoms with E-state index in [-0.39, 0.29) is 11.6 Å². The molecule has 100 valence electrons. The Labute approximate surface area is 111 Å². The van der Waals surface area contributed by atoms with Crippen molar-refractivity contribution < 1.29 is 4.74 Å². The summed E-state index contributed by atoms with van der Waals surface area (Å²) < 4.78 is 5.76. The van der Waals surface area contributed by atoms with Crippen molar-refractivity contribution in [1.29, 1.82) is 0 Å². The normalized spacial score (nSPS) is 18.4. The van der Waals surface area contributed by atoms with E-state index in [0.717, 1.165) is 5.92 Å². The molecule has 1 aromatic rings. The Morgan fingerprint density at radius 2 is 2.06 bits per heavy atom. The van der Waals surface area contributed by atoms with Gasteiger partial charge >= 0.3 is 0 Å². The zero-order valence-electron chi connectivity index (χ0n) is 11.8. The summed E-state index contributed by atoms with van der Waals surface area (Å²) in [7, 11) is 0. The highest BCUT2D eigenvalue weighted by molar-refractivity contribution is 5.29. The van der Waals surface area contributed by atoms with Gasteiger partial charge in [-0.25, -0.2) is 0 Å². The molecule has 1 atom stereocenters. The second-order valence-electron chi connectivity index (χ2n) is 6.33. The van der Waals surface area contributed by atoms with E-state index in [1.54, 1.807) is 0 Å². The molecule has 1 fully saturated rings. The summed E-state index contributed by atoms with van der Waals surface area (Å²) in [4.78, 5) is 0. The maximum Gasteiger partial charge on any atom is 0.0666 e. The molecule has 0 saturated heterocycles. The van der Waals surface area contributed by atoms with Crippen LogP contribution < -0.4 is 5.73 Å². The van der Waals surface area contributed by atoms with Crippen LogP contribution in [0.4, 0.5) is 0 Å². The number of ether oxygens (including phenoxy) is 1. The molecule has 0 aliphatic heterocycles. The van der Waals surface area contributed by atoms with E-state index in [4.69, 9.17) is 10.5 Å². The van der Waals surface area contributed by atoms with E-state index < -0.39 is 0 Å². The van der Waals surface area contributed by atoms with Crippen LogP contribution in [0.1, 0.15) is 63.1 Å². The highest BCUT2D eigenvalue weighted by Crippen LogP contribution is 2.36. The van der Waals surface area contributed by atoms with Crippen molar-refractivity contribution in [3.05, 3.63) is 35.4 Å². The summed E-state index contributed by atoms with van der Waals surface area (Å²) >= 11 is 0. The third kappa shape index (κ3) is 3.56. The smallest absolute Gasteiger partial charge is 0.0666 e. The highest BCUT2D eigenvalue weighted by Gasteiger charge is 2.20. The molecular weight excluding hydrogens is 222 g/mol. The number of hydrogen-bond donors (Lipinski definition) is 1. The Kier molecular flexibility index (Phi) is 4.08. The third-order valence-corrected chi connectivity index (χ3v) is 3.61. The lowest BCUT2D eigenvalue weighted by molar-refractivity contribution is -0.0102. The van der Waals surface area contributed by atoms with E-state index in [1.807, 2.05) is 0 Å². The van der Waals surface area contributed by atoms with Crippen molar-refractivity contribution in [2.75, 3.05) is 6.61 Å². The predicted octanol–water partition coefficient (Wildman–Crippen LogP) is 3.77. The topological polar surface area (TPSA) is 35.2 Å². The zero-order valence-corrected chi connectivity index (χ0v) is 11.8. The van der Waals surface area contributed by atoms with Crippen LogP contribution in [-0.2, 0) is 4.74 Å². The molecule has 1 aliphatic carbocycles. The highest BCUT2D eigenvalue weighted by atomic mass is 16.5. The van der Waals surface area contributed by atoms with Gasteiger partial charge in [0.25, 0.3) is 0 Å². The van der Waals surface area contributed by atoms with Gasteiger partial charge in [-0.1, -0.05) is 30.7 Å². The van der Waals surface area contributed by atoms with E-state index in [2.05, 4.69) is 45.0 Å². The molecule has 0 radical (unpaired) electrons. The van der Waals surface area contributed by atoms with Crippen LogP contribution in [0.25, 0.3) is 0 Å². The monoisotopic (exact) mass is 247 g/mol. The molecule has 2 nitrogen and oxygen atoms in total. The van der Waals surface area contributed by atoms with E-state index >= 15 is 0 Å². The van der Waals surface area contributed by atoms with Gasteiger partial charge in [0.05, 0.1) is 18.2 Å². The standard InChI is InChI=1S/C16H25NO/c1-16(2,3)18-11-15(17)14-9-5-8-13(10-14)12-6-4-7-12/h5,8-10,12,15H,4,6-7,11,17H2,1-3H3. The predicted molar refractivity (Wildman–Crippen MR) is 75.7 cm³/mol. The fraction of sp³-hybridized carbons (Fsp3) is 0.625. The Hall–Kier alpha value is -0.860. The number of rotatable bonds is 4. The fourth-order valence-corrected chi connectivity index (χ4v) is 2.22. The Bertz CT molecular complexity index is 390. The summed E-state index contributed by atoms with van der Waals surface area (Å²) in [5.41, 5.74) is 8.73. The molecule has 0 spiro atoms. The minimum atomic E-state index is -0.122. The van der Waals surface area contributed by atoms with Gasteiger partial charge in [-0.3, -0.25) is 0 Å². The lowest BCUT2D eigenvalue weighted by Crippen LogP contribution is -2.26. The van der Waals surface area contributed by atoms with Crippen molar-refractivity contribution in [2.24, 2.45) is 5.73 Å². The summed E-state index contributed by atoms with van der Waals surface area (Å²) in [5, 5.41) is 0. The number of hydrogen-bond acceptors (Lipinski definition) is 2. The van der Waals surface area contributed by atoms with Crippen molar-refractivity contribution in [1.82, 2.24) is 0 Å². The molecule has 2 N–H and O–H groups in total. The SMILES string of the molecule is CC(C)(C)OCC(N)c1cccc(C2CCC2)c1. The minimum Gasteiger partial charge on any atom is -0.374 e. The van der Waals surface area contributed by atoms with Gasteiger partial charge in [0.1, 0.15) is 0 Å². The maximum atomic E-state index is 6.21. The van der Waals surface area contributed by atoms with E-state index in [9.17, 15) is 0 Å². The lowest BCUT2D eigenvalue weighted by Gasteiger charge is -2.27. The van der Waals surface area contributed by atoms with Gasteiger partial charge in [-0.05, 0) is 50.7 Å². The average Bonchev–Trinajstić information content (AvgIpc) is 2.23. The van der Waals surface area contributed by atoms with E-state index in [0.29, 0.717) is 6.61 Å². The average molecular weight is 247 g/mol. The summed E-state index contributed by atoms with van der Waals surface area (Å²) in [6.07, 6.45) is 4.03. The second kappa shape index (κ2) is 5.41. The first-order chi connectivity index (χ1) is 8.46. The van der Waals surface area contributed by atoms with E-state index in [1.165, 1.54) is 30.4 Å². The van der Waals surface area contributed by atoms with Gasteiger partial charge in [0, 0.05) is 0 Å². The number of benzene rings is 1. The van der Waals surface area contributed by atoms with Crippen molar-refractivity contribution in [3.63, 3.8) is 0 Å². The first kappa shape index (κ1) is 13.6. The van der Waals surface area contributed by atoms with Crippen molar-refractivity contribution >= 4 is 0 Å². The largest absolute Gasteiger partial charge is 0.374 e. The van der Waals surface area contributed by atoms with Crippen LogP contribution in [0.2, 0.25) is 0 Å². The van der Waals surface area contributed by atoms with Crippen molar-refractivity contribution in [2.45, 2.75) is 57.6 Å². The van der Waals surface area contributed by atoms with Crippen molar-refractivity contribution in [3.8, 4) is 0 Å². The zero-order chi connectivity index (χ0) is 13.2. The van der Waals surface area contributed by atoms with Gasteiger partial charge in [-0.15, -0.1) is 0 Å². The first-order valence-corrected chi connectivity index (χ1v) is 6.95. The minimum absolute atomic E-state index is 0.0238. The molecular formula is C16H25NO. The lowest BCUT2D eigenvalue weighted by atomic mass is 9.79. The molecule has 0 heterocycles. The summed E-state index contributed by atoms with van der Waals surface area (Å²) in [6, 6.07) is 8.70. The molecule has 1 aromatic carbocycles. The van der Waals surface area contributed by atoms with Crippen LogP contribution >= 0.6 is 0 Å². The van der Waals surface area contributed by atoms with Gasteiger partial charge < -0.3 is 10.5 Å².